The Labute approximate surface area is 183 Å². The van der Waals surface area contributed by atoms with E-state index in [0.29, 0.717) is 32.5 Å². The average Bonchev–Trinajstić information content (AvgIpc) is 2.55. The molecule has 0 aromatic carbocycles. The SMILES string of the molecule is CC(C)CC1NC(=O)C2CCN2C(=O)CNC2(CNC1=O)CN(C(=O)OC(C)(C)C)C2. The summed E-state index contributed by atoms with van der Waals surface area (Å²) in [5.41, 5.74) is -1.22. The van der Waals surface area contributed by atoms with Crippen LogP contribution in [0.4, 0.5) is 4.79 Å². The van der Waals surface area contributed by atoms with Crippen molar-refractivity contribution in [2.45, 2.75) is 70.7 Å². The maximum absolute atomic E-state index is 12.9. The molecule has 0 aromatic rings. The molecule has 0 saturated carbocycles. The van der Waals surface area contributed by atoms with Gasteiger partial charge in [0.15, 0.2) is 0 Å². The van der Waals surface area contributed by atoms with E-state index in [1.165, 1.54) is 0 Å². The van der Waals surface area contributed by atoms with E-state index < -0.39 is 29.3 Å². The van der Waals surface area contributed by atoms with E-state index in [1.807, 2.05) is 13.8 Å². The van der Waals surface area contributed by atoms with E-state index in [1.54, 1.807) is 30.6 Å². The Morgan fingerprint density at radius 1 is 1.19 bits per heavy atom. The summed E-state index contributed by atoms with van der Waals surface area (Å²) in [4.78, 5) is 53.7. The summed E-state index contributed by atoms with van der Waals surface area (Å²) in [5, 5.41) is 8.99. The van der Waals surface area contributed by atoms with E-state index >= 15 is 0 Å². The van der Waals surface area contributed by atoms with Crippen molar-refractivity contribution in [3.63, 3.8) is 0 Å². The fourth-order valence-corrected chi connectivity index (χ4v) is 4.10. The van der Waals surface area contributed by atoms with Crippen LogP contribution in [0.3, 0.4) is 0 Å². The fourth-order valence-electron chi connectivity index (χ4n) is 4.10. The predicted octanol–water partition coefficient (Wildman–Crippen LogP) is -0.173. The van der Waals surface area contributed by atoms with Crippen LogP contribution in [0.1, 0.15) is 47.5 Å². The van der Waals surface area contributed by atoms with Gasteiger partial charge in [-0.2, -0.15) is 0 Å². The first-order chi connectivity index (χ1) is 14.4. The predicted molar refractivity (Wildman–Crippen MR) is 113 cm³/mol. The number of carbonyl (C=O) groups is 4. The Hall–Kier alpha value is -2.36. The molecule has 3 heterocycles. The quantitative estimate of drug-likeness (QED) is 0.552. The Balaban J connectivity index is 1.72. The number of ether oxygens (including phenoxy) is 1. The van der Waals surface area contributed by atoms with Crippen LogP contribution >= 0.6 is 0 Å². The molecule has 3 rings (SSSR count). The smallest absolute Gasteiger partial charge is 0.410 e. The van der Waals surface area contributed by atoms with Crippen LogP contribution in [-0.2, 0) is 19.1 Å². The van der Waals surface area contributed by atoms with E-state index in [4.69, 9.17) is 4.74 Å². The number of hydrogen-bond donors (Lipinski definition) is 3. The summed E-state index contributed by atoms with van der Waals surface area (Å²) in [6.45, 7) is 10.8. The van der Waals surface area contributed by atoms with Gasteiger partial charge in [-0.05, 0) is 39.5 Å². The Kier molecular flexibility index (Phi) is 6.50. The minimum Gasteiger partial charge on any atom is -0.444 e. The van der Waals surface area contributed by atoms with E-state index in [2.05, 4.69) is 16.0 Å². The van der Waals surface area contributed by atoms with E-state index in [-0.39, 0.29) is 36.7 Å². The highest BCUT2D eigenvalue weighted by atomic mass is 16.6. The molecule has 10 nitrogen and oxygen atoms in total. The second-order valence-electron chi connectivity index (χ2n) is 10.3. The number of nitrogens with zero attached hydrogens (tertiary/aromatic N) is 2. The van der Waals surface area contributed by atoms with Gasteiger partial charge in [-0.1, -0.05) is 13.8 Å². The molecular formula is C21H35N5O5. The third kappa shape index (κ3) is 5.47. The molecular weight excluding hydrogens is 402 g/mol. The van der Waals surface area contributed by atoms with Gasteiger partial charge >= 0.3 is 6.09 Å². The number of likely N-dealkylation sites (tertiary alicyclic amines) is 1. The lowest BCUT2D eigenvalue weighted by Crippen LogP contribution is -2.76. The normalized spacial score (nSPS) is 26.7. The van der Waals surface area contributed by atoms with Gasteiger partial charge in [0, 0.05) is 26.2 Å². The molecule has 3 aliphatic heterocycles. The van der Waals surface area contributed by atoms with Gasteiger partial charge in [0.05, 0.1) is 12.1 Å². The molecule has 3 aliphatic rings. The highest BCUT2D eigenvalue weighted by molar-refractivity contribution is 5.93. The second kappa shape index (κ2) is 8.64. The molecule has 31 heavy (non-hydrogen) atoms. The Morgan fingerprint density at radius 2 is 1.87 bits per heavy atom. The molecule has 2 atom stereocenters. The number of nitrogens with one attached hydrogen (secondary N) is 3. The summed E-state index contributed by atoms with van der Waals surface area (Å²) in [6.07, 6.45) is 0.671. The van der Waals surface area contributed by atoms with Crippen LogP contribution in [0.2, 0.25) is 0 Å². The van der Waals surface area contributed by atoms with Gasteiger partial charge in [0.25, 0.3) is 0 Å². The first-order valence-corrected chi connectivity index (χ1v) is 11.0. The second-order valence-corrected chi connectivity index (χ2v) is 10.3. The van der Waals surface area contributed by atoms with Crippen molar-refractivity contribution in [3.8, 4) is 0 Å². The van der Waals surface area contributed by atoms with Crippen LogP contribution < -0.4 is 16.0 Å². The summed E-state index contributed by atoms with van der Waals surface area (Å²) in [5.74, 6) is -0.484. The monoisotopic (exact) mass is 437 g/mol. The van der Waals surface area contributed by atoms with E-state index in [0.717, 1.165) is 0 Å². The van der Waals surface area contributed by atoms with Crippen LogP contribution in [0.5, 0.6) is 0 Å². The van der Waals surface area contributed by atoms with Gasteiger partial charge in [0.1, 0.15) is 17.7 Å². The molecule has 0 aliphatic carbocycles. The molecule has 174 valence electrons. The van der Waals surface area contributed by atoms with E-state index in [9.17, 15) is 19.2 Å². The maximum atomic E-state index is 12.9. The van der Waals surface area contributed by atoms with Crippen molar-refractivity contribution in [2.75, 3.05) is 32.7 Å². The first kappa shape index (κ1) is 23.3. The number of fused-ring (bicyclic) bond motifs is 1. The Morgan fingerprint density at radius 3 is 2.42 bits per heavy atom. The van der Waals surface area contributed by atoms with Crippen LogP contribution in [0.25, 0.3) is 0 Å². The lowest BCUT2D eigenvalue weighted by atomic mass is 9.89. The fraction of sp³-hybridized carbons (Fsp3) is 0.810. The molecule has 3 saturated heterocycles. The van der Waals surface area contributed by atoms with Crippen molar-refractivity contribution in [1.82, 2.24) is 25.8 Å². The van der Waals surface area contributed by atoms with Gasteiger partial charge in [-0.15, -0.1) is 0 Å². The standard InChI is InChI=1S/C21H35N5O5/c1-13(2)8-14-17(28)22-10-21(11-25(12-21)19(30)31-20(3,4)5)23-9-16(27)26-7-6-15(26)18(29)24-14/h13-15,23H,6-12H2,1-5H3,(H,22,28)(H,24,29). The molecule has 1 spiro atoms. The van der Waals surface area contributed by atoms with Crippen molar-refractivity contribution >= 4 is 23.8 Å². The molecule has 3 N–H and O–H groups in total. The highest BCUT2D eigenvalue weighted by Gasteiger charge is 2.48. The molecule has 2 unspecified atom stereocenters. The van der Waals surface area contributed by atoms with Gasteiger partial charge in [0.2, 0.25) is 17.7 Å². The zero-order chi connectivity index (χ0) is 23.0. The molecule has 4 amide bonds. The van der Waals surface area contributed by atoms with Crippen molar-refractivity contribution in [1.29, 1.82) is 0 Å². The van der Waals surface area contributed by atoms with Crippen molar-refractivity contribution < 1.29 is 23.9 Å². The van der Waals surface area contributed by atoms with Crippen molar-refractivity contribution in [2.24, 2.45) is 5.92 Å². The largest absolute Gasteiger partial charge is 0.444 e. The first-order valence-electron chi connectivity index (χ1n) is 11.0. The summed E-state index contributed by atoms with van der Waals surface area (Å²) in [7, 11) is 0. The van der Waals surface area contributed by atoms with Gasteiger partial charge in [-0.3, -0.25) is 19.7 Å². The third-order valence-electron chi connectivity index (χ3n) is 5.84. The number of amides is 4. The molecule has 0 bridgehead atoms. The minimum absolute atomic E-state index is 0.0389. The zero-order valence-corrected chi connectivity index (χ0v) is 19.1. The highest BCUT2D eigenvalue weighted by Crippen LogP contribution is 2.25. The van der Waals surface area contributed by atoms with Crippen molar-refractivity contribution in [3.05, 3.63) is 0 Å². The topological polar surface area (TPSA) is 120 Å². The average molecular weight is 438 g/mol. The van der Waals surface area contributed by atoms with Gasteiger partial charge in [-0.25, -0.2) is 4.79 Å². The minimum atomic E-state index is -0.663. The molecule has 0 aromatic heterocycles. The van der Waals surface area contributed by atoms with Crippen LogP contribution in [0.15, 0.2) is 0 Å². The maximum Gasteiger partial charge on any atom is 0.410 e. The van der Waals surface area contributed by atoms with Crippen LogP contribution in [0, 0.1) is 5.92 Å². The number of carbonyl (C=O) groups excluding carboxylic acids is 4. The third-order valence-corrected chi connectivity index (χ3v) is 5.84. The zero-order valence-electron chi connectivity index (χ0n) is 19.1. The summed E-state index contributed by atoms with van der Waals surface area (Å²) >= 11 is 0. The summed E-state index contributed by atoms with van der Waals surface area (Å²) < 4.78 is 5.42. The lowest BCUT2D eigenvalue weighted by Gasteiger charge is -2.51. The molecule has 3 fully saturated rings. The molecule has 10 heteroatoms. The molecule has 0 radical (unpaired) electrons. The number of rotatable bonds is 2. The summed E-state index contributed by atoms with van der Waals surface area (Å²) in [6, 6.07) is -1.20. The lowest BCUT2D eigenvalue weighted by molar-refractivity contribution is -0.148. The van der Waals surface area contributed by atoms with Crippen LogP contribution in [-0.4, -0.2) is 89.6 Å². The number of hydrogen-bond acceptors (Lipinski definition) is 6. The van der Waals surface area contributed by atoms with Gasteiger partial charge < -0.3 is 25.2 Å². The Bertz CT molecular complexity index is 741.